The van der Waals surface area contributed by atoms with E-state index in [-0.39, 0.29) is 11.9 Å². The van der Waals surface area contributed by atoms with Crippen molar-refractivity contribution in [3.63, 3.8) is 0 Å². The summed E-state index contributed by atoms with van der Waals surface area (Å²) in [7, 11) is 2.22. The van der Waals surface area contributed by atoms with Gasteiger partial charge in [-0.2, -0.15) is 0 Å². The van der Waals surface area contributed by atoms with Crippen LogP contribution in [-0.2, 0) is 0 Å². The van der Waals surface area contributed by atoms with Crippen molar-refractivity contribution in [2.75, 3.05) is 7.05 Å². The van der Waals surface area contributed by atoms with Crippen molar-refractivity contribution in [2.45, 2.75) is 50.2 Å². The van der Waals surface area contributed by atoms with Gasteiger partial charge in [0.2, 0.25) is 0 Å². The Balaban J connectivity index is 1.67. The summed E-state index contributed by atoms with van der Waals surface area (Å²) in [5.41, 5.74) is 0.582. The second-order valence-electron chi connectivity index (χ2n) is 6.03. The molecule has 2 fully saturated rings. The van der Waals surface area contributed by atoms with Gasteiger partial charge in [-0.25, -0.2) is 0 Å². The number of halogens is 1. The Hall–Kier alpha value is -1.06. The van der Waals surface area contributed by atoms with Gasteiger partial charge in [0, 0.05) is 18.1 Å². The van der Waals surface area contributed by atoms with E-state index < -0.39 is 0 Å². The van der Waals surface area contributed by atoms with E-state index in [1.54, 1.807) is 12.1 Å². The van der Waals surface area contributed by atoms with Crippen molar-refractivity contribution in [1.29, 1.82) is 0 Å². The molecule has 2 heterocycles. The number of rotatable bonds is 2. The minimum Gasteiger partial charge on any atom is -0.349 e. The molecule has 2 saturated heterocycles. The highest BCUT2D eigenvalue weighted by Gasteiger charge is 2.36. The summed E-state index contributed by atoms with van der Waals surface area (Å²) in [5.74, 6) is -0.0387. The summed E-state index contributed by atoms with van der Waals surface area (Å²) < 4.78 is 0. The molecule has 3 nitrogen and oxygen atoms in total. The maximum Gasteiger partial charge on any atom is 0.253 e. The standard InChI is InChI=1S/C16H21ClN2O/c1-19-12-5-4-6-13(19)10-11(9-12)18-16(20)14-7-2-3-8-15(14)17/h2-3,7-8,11-13H,4-6,9-10H2,1H3,(H,18,20). The Bertz CT molecular complexity index is 491. The Morgan fingerprint density at radius 2 is 1.90 bits per heavy atom. The molecule has 0 saturated carbocycles. The van der Waals surface area contributed by atoms with E-state index in [0.717, 1.165) is 12.8 Å². The molecule has 2 atom stereocenters. The molecule has 1 N–H and O–H groups in total. The minimum absolute atomic E-state index is 0.0387. The van der Waals surface area contributed by atoms with Gasteiger partial charge in [0.1, 0.15) is 0 Å². The van der Waals surface area contributed by atoms with Crippen molar-refractivity contribution >= 4 is 17.5 Å². The van der Waals surface area contributed by atoms with Crippen molar-refractivity contribution in [2.24, 2.45) is 0 Å². The molecule has 0 spiro atoms. The van der Waals surface area contributed by atoms with Crippen molar-refractivity contribution in [3.8, 4) is 0 Å². The average Bonchev–Trinajstić information content (AvgIpc) is 2.40. The Morgan fingerprint density at radius 1 is 1.25 bits per heavy atom. The Kier molecular flexibility index (Phi) is 3.99. The number of carbonyl (C=O) groups excluding carboxylic acids is 1. The molecule has 2 aliphatic heterocycles. The van der Waals surface area contributed by atoms with E-state index in [0.29, 0.717) is 22.7 Å². The molecule has 3 rings (SSSR count). The summed E-state index contributed by atoms with van der Waals surface area (Å²) in [6.07, 6.45) is 5.95. The van der Waals surface area contributed by atoms with E-state index in [1.165, 1.54) is 19.3 Å². The van der Waals surface area contributed by atoms with Gasteiger partial charge in [0.05, 0.1) is 10.6 Å². The summed E-state index contributed by atoms with van der Waals surface area (Å²) in [5, 5.41) is 3.70. The summed E-state index contributed by atoms with van der Waals surface area (Å²) in [4.78, 5) is 14.8. The van der Waals surface area contributed by atoms with E-state index in [2.05, 4.69) is 17.3 Å². The number of nitrogens with one attached hydrogen (secondary N) is 1. The fourth-order valence-electron chi connectivity index (χ4n) is 3.64. The molecule has 0 aromatic heterocycles. The molecule has 4 heteroatoms. The number of piperidine rings is 2. The fourth-order valence-corrected chi connectivity index (χ4v) is 3.86. The average molecular weight is 293 g/mol. The molecule has 2 aliphatic rings. The number of carbonyl (C=O) groups is 1. The Labute approximate surface area is 125 Å². The molecular formula is C16H21ClN2O. The van der Waals surface area contributed by atoms with Gasteiger partial charge < -0.3 is 10.2 Å². The van der Waals surface area contributed by atoms with Crippen LogP contribution >= 0.6 is 11.6 Å². The van der Waals surface area contributed by atoms with Crippen LogP contribution in [-0.4, -0.2) is 36.0 Å². The molecule has 1 aromatic rings. The van der Waals surface area contributed by atoms with E-state index >= 15 is 0 Å². The van der Waals surface area contributed by atoms with Gasteiger partial charge >= 0.3 is 0 Å². The van der Waals surface area contributed by atoms with Crippen LogP contribution in [0, 0.1) is 0 Å². The highest BCUT2D eigenvalue weighted by Crippen LogP contribution is 2.32. The highest BCUT2D eigenvalue weighted by atomic mass is 35.5. The number of nitrogens with zero attached hydrogens (tertiary/aromatic N) is 1. The van der Waals surface area contributed by atoms with Crippen LogP contribution < -0.4 is 5.32 Å². The maximum atomic E-state index is 12.3. The van der Waals surface area contributed by atoms with Crippen LogP contribution in [0.5, 0.6) is 0 Å². The maximum absolute atomic E-state index is 12.3. The van der Waals surface area contributed by atoms with Crippen LogP contribution in [0.1, 0.15) is 42.5 Å². The lowest BCUT2D eigenvalue weighted by Gasteiger charge is -2.47. The molecule has 1 amide bonds. The number of hydrogen-bond acceptors (Lipinski definition) is 2. The van der Waals surface area contributed by atoms with Crippen molar-refractivity contribution < 1.29 is 4.79 Å². The molecule has 2 unspecified atom stereocenters. The molecule has 0 aliphatic carbocycles. The first kappa shape index (κ1) is 13.9. The number of fused-ring (bicyclic) bond motifs is 2. The SMILES string of the molecule is CN1C2CCCC1CC(NC(=O)c1ccccc1Cl)C2. The van der Waals surface area contributed by atoms with Gasteiger partial charge in [-0.1, -0.05) is 30.2 Å². The predicted molar refractivity (Wildman–Crippen MR) is 81.1 cm³/mol. The fraction of sp³-hybridized carbons (Fsp3) is 0.562. The lowest BCUT2D eigenvalue weighted by Crippen LogP contribution is -2.55. The zero-order valence-electron chi connectivity index (χ0n) is 11.8. The molecule has 20 heavy (non-hydrogen) atoms. The van der Waals surface area contributed by atoms with Gasteiger partial charge in [0.25, 0.3) is 5.91 Å². The third-order valence-electron chi connectivity index (χ3n) is 4.79. The van der Waals surface area contributed by atoms with Gasteiger partial charge in [-0.15, -0.1) is 0 Å². The number of amides is 1. The molecule has 108 valence electrons. The molecule has 2 bridgehead atoms. The van der Waals surface area contributed by atoms with E-state index in [9.17, 15) is 4.79 Å². The smallest absolute Gasteiger partial charge is 0.253 e. The minimum atomic E-state index is -0.0387. The topological polar surface area (TPSA) is 32.3 Å². The molecule has 0 radical (unpaired) electrons. The lowest BCUT2D eigenvalue weighted by atomic mass is 9.82. The van der Waals surface area contributed by atoms with Crippen LogP contribution in [0.2, 0.25) is 5.02 Å². The van der Waals surface area contributed by atoms with E-state index in [4.69, 9.17) is 11.6 Å². The van der Waals surface area contributed by atoms with Gasteiger partial charge in [-0.3, -0.25) is 4.79 Å². The van der Waals surface area contributed by atoms with Crippen LogP contribution in [0.25, 0.3) is 0 Å². The second kappa shape index (κ2) is 5.74. The highest BCUT2D eigenvalue weighted by molar-refractivity contribution is 6.33. The van der Waals surface area contributed by atoms with Crippen LogP contribution in [0.15, 0.2) is 24.3 Å². The monoisotopic (exact) mass is 292 g/mol. The number of benzene rings is 1. The quantitative estimate of drug-likeness (QED) is 0.908. The van der Waals surface area contributed by atoms with Gasteiger partial charge in [-0.05, 0) is 44.9 Å². The van der Waals surface area contributed by atoms with E-state index in [1.807, 2.05) is 12.1 Å². The summed E-state index contributed by atoms with van der Waals surface area (Å²) in [6.45, 7) is 0. The second-order valence-corrected chi connectivity index (χ2v) is 6.43. The van der Waals surface area contributed by atoms with Crippen molar-refractivity contribution in [1.82, 2.24) is 10.2 Å². The lowest BCUT2D eigenvalue weighted by molar-refractivity contribution is 0.0463. The summed E-state index contributed by atoms with van der Waals surface area (Å²) in [6, 6.07) is 8.78. The number of hydrogen-bond donors (Lipinski definition) is 1. The first-order valence-corrected chi connectivity index (χ1v) is 7.80. The third-order valence-corrected chi connectivity index (χ3v) is 5.12. The third kappa shape index (κ3) is 2.70. The van der Waals surface area contributed by atoms with Crippen LogP contribution in [0.4, 0.5) is 0 Å². The first-order chi connectivity index (χ1) is 9.65. The van der Waals surface area contributed by atoms with Crippen LogP contribution in [0.3, 0.4) is 0 Å². The zero-order chi connectivity index (χ0) is 14.1. The summed E-state index contributed by atoms with van der Waals surface area (Å²) >= 11 is 6.09. The zero-order valence-corrected chi connectivity index (χ0v) is 12.6. The largest absolute Gasteiger partial charge is 0.349 e. The molecule has 1 aromatic carbocycles. The normalized spacial score (nSPS) is 30.0. The first-order valence-electron chi connectivity index (χ1n) is 7.42. The van der Waals surface area contributed by atoms with Crippen molar-refractivity contribution in [3.05, 3.63) is 34.9 Å². The van der Waals surface area contributed by atoms with Gasteiger partial charge in [0.15, 0.2) is 0 Å². The predicted octanol–water partition coefficient (Wildman–Crippen LogP) is 3.09. The molecular weight excluding hydrogens is 272 g/mol. The Morgan fingerprint density at radius 3 is 2.55 bits per heavy atom.